The molecule has 2 amide bonds. The van der Waals surface area contributed by atoms with E-state index in [1.54, 1.807) is 39.9 Å². The van der Waals surface area contributed by atoms with Crippen LogP contribution >= 0.6 is 0 Å². The van der Waals surface area contributed by atoms with Crippen molar-refractivity contribution in [3.8, 4) is 17.0 Å². The Hall–Kier alpha value is -4.93. The number of aromatic nitrogens is 3. The number of nitrogens with one attached hydrogen (secondary N) is 1. The predicted molar refractivity (Wildman–Crippen MR) is 165 cm³/mol. The average molecular weight is 600 g/mol. The number of ether oxygens (including phenoxy) is 3. The summed E-state index contributed by atoms with van der Waals surface area (Å²) in [4.78, 5) is 44.9. The maximum absolute atomic E-state index is 13.7. The number of piperidine rings is 1. The third-order valence-corrected chi connectivity index (χ3v) is 7.28. The third-order valence-electron chi connectivity index (χ3n) is 7.28. The van der Waals surface area contributed by atoms with Gasteiger partial charge in [-0.1, -0.05) is 0 Å². The van der Waals surface area contributed by atoms with E-state index < -0.39 is 11.6 Å². The van der Waals surface area contributed by atoms with Crippen LogP contribution in [-0.2, 0) is 9.47 Å². The Bertz CT molecular complexity index is 1650. The Morgan fingerprint density at radius 1 is 1.00 bits per heavy atom. The van der Waals surface area contributed by atoms with Crippen LogP contribution in [0.5, 0.6) is 5.75 Å². The molecule has 1 aliphatic heterocycles. The highest BCUT2D eigenvalue weighted by molar-refractivity contribution is 6.05. The maximum Gasteiger partial charge on any atom is 0.410 e. The molecule has 230 valence electrons. The van der Waals surface area contributed by atoms with Crippen molar-refractivity contribution in [2.45, 2.75) is 52.1 Å². The van der Waals surface area contributed by atoms with Gasteiger partial charge in [0.05, 0.1) is 36.2 Å². The first-order chi connectivity index (χ1) is 21.0. The molecule has 0 aliphatic carbocycles. The number of anilines is 1. The van der Waals surface area contributed by atoms with Gasteiger partial charge in [0.15, 0.2) is 5.65 Å². The van der Waals surface area contributed by atoms with E-state index in [4.69, 9.17) is 24.3 Å². The molecule has 0 radical (unpaired) electrons. The van der Waals surface area contributed by atoms with E-state index in [1.165, 1.54) is 7.11 Å². The van der Waals surface area contributed by atoms with Crippen LogP contribution in [0.25, 0.3) is 16.9 Å². The highest BCUT2D eigenvalue weighted by Gasteiger charge is 2.31. The predicted octanol–water partition coefficient (Wildman–Crippen LogP) is 5.95. The van der Waals surface area contributed by atoms with Crippen molar-refractivity contribution in [3.05, 3.63) is 77.6 Å². The van der Waals surface area contributed by atoms with Gasteiger partial charge in [0, 0.05) is 42.5 Å². The minimum absolute atomic E-state index is 0.0648. The number of benzene rings is 2. The lowest BCUT2D eigenvalue weighted by Crippen LogP contribution is -2.41. The highest BCUT2D eigenvalue weighted by Crippen LogP contribution is 2.32. The summed E-state index contributed by atoms with van der Waals surface area (Å²) >= 11 is 0. The van der Waals surface area contributed by atoms with Crippen molar-refractivity contribution in [3.63, 3.8) is 0 Å². The number of likely N-dealkylation sites (tertiary alicyclic amines) is 1. The molecule has 0 saturated carbocycles. The molecule has 1 fully saturated rings. The van der Waals surface area contributed by atoms with Gasteiger partial charge in [-0.3, -0.25) is 4.79 Å². The zero-order valence-electron chi connectivity index (χ0n) is 25.6. The Morgan fingerprint density at radius 2 is 1.68 bits per heavy atom. The summed E-state index contributed by atoms with van der Waals surface area (Å²) < 4.78 is 17.5. The largest absolute Gasteiger partial charge is 0.494 e. The third kappa shape index (κ3) is 6.99. The molecule has 1 N–H and O–H groups in total. The summed E-state index contributed by atoms with van der Waals surface area (Å²) in [6.45, 7) is 9.02. The number of hydrogen-bond donors (Lipinski definition) is 1. The van der Waals surface area contributed by atoms with Gasteiger partial charge >= 0.3 is 12.1 Å². The number of rotatable bonds is 7. The topological polar surface area (TPSA) is 124 Å². The van der Waals surface area contributed by atoms with Gasteiger partial charge in [-0.25, -0.2) is 19.1 Å². The number of methoxy groups -OCH3 is 1. The average Bonchev–Trinajstić information content (AvgIpc) is 3.43. The molecule has 2 aromatic carbocycles. The Kier molecular flexibility index (Phi) is 8.84. The zero-order valence-corrected chi connectivity index (χ0v) is 25.6. The van der Waals surface area contributed by atoms with E-state index in [2.05, 4.69) is 5.32 Å². The number of carbonyl (C=O) groups excluding carboxylic acids is 3. The number of carbonyl (C=O) groups is 3. The highest BCUT2D eigenvalue weighted by atomic mass is 16.6. The first kappa shape index (κ1) is 30.5. The smallest absolute Gasteiger partial charge is 0.410 e. The van der Waals surface area contributed by atoms with Crippen molar-refractivity contribution in [2.75, 3.05) is 32.1 Å². The van der Waals surface area contributed by atoms with Crippen molar-refractivity contribution < 1.29 is 28.6 Å². The van der Waals surface area contributed by atoms with E-state index in [1.807, 2.05) is 58.0 Å². The monoisotopic (exact) mass is 599 g/mol. The Labute approximate surface area is 256 Å². The molecular weight excluding hydrogens is 562 g/mol. The lowest BCUT2D eigenvalue weighted by Gasteiger charge is -2.33. The summed E-state index contributed by atoms with van der Waals surface area (Å²) in [5, 5.41) is 7.64. The lowest BCUT2D eigenvalue weighted by atomic mass is 9.90. The van der Waals surface area contributed by atoms with E-state index >= 15 is 0 Å². The number of esters is 1. The normalized spacial score (nSPS) is 13.9. The van der Waals surface area contributed by atoms with Crippen molar-refractivity contribution in [1.82, 2.24) is 19.5 Å². The summed E-state index contributed by atoms with van der Waals surface area (Å²) in [6, 6.07) is 16.0. The fraction of sp³-hybridized carbons (Fsp3) is 0.364. The van der Waals surface area contributed by atoms with Crippen LogP contribution in [0.1, 0.15) is 72.9 Å². The van der Waals surface area contributed by atoms with Crippen molar-refractivity contribution >= 4 is 29.3 Å². The molecule has 5 rings (SSSR count). The van der Waals surface area contributed by atoms with E-state index in [9.17, 15) is 14.4 Å². The fourth-order valence-electron chi connectivity index (χ4n) is 5.12. The lowest BCUT2D eigenvalue weighted by molar-refractivity contribution is 0.0203. The maximum atomic E-state index is 13.7. The zero-order chi connectivity index (χ0) is 31.4. The molecule has 0 spiro atoms. The van der Waals surface area contributed by atoms with E-state index in [0.29, 0.717) is 66.4 Å². The molecule has 0 atom stereocenters. The summed E-state index contributed by atoms with van der Waals surface area (Å²) in [7, 11) is 1.32. The first-order valence-corrected chi connectivity index (χ1v) is 14.7. The molecule has 44 heavy (non-hydrogen) atoms. The molecule has 2 aromatic heterocycles. The molecule has 11 nitrogen and oxygen atoms in total. The Balaban J connectivity index is 1.45. The molecule has 11 heteroatoms. The Morgan fingerprint density at radius 3 is 2.30 bits per heavy atom. The number of amides is 2. The second-order valence-electron chi connectivity index (χ2n) is 11.6. The second kappa shape index (κ2) is 12.7. The molecule has 4 aromatic rings. The minimum Gasteiger partial charge on any atom is -0.494 e. The van der Waals surface area contributed by atoms with Gasteiger partial charge in [-0.05, 0) is 89.1 Å². The summed E-state index contributed by atoms with van der Waals surface area (Å²) in [5.74, 6) is -0.103. The minimum atomic E-state index is -0.579. The van der Waals surface area contributed by atoms with Gasteiger partial charge in [0.25, 0.3) is 5.91 Å². The van der Waals surface area contributed by atoms with E-state index in [0.717, 1.165) is 11.3 Å². The van der Waals surface area contributed by atoms with Gasteiger partial charge in [0.1, 0.15) is 11.4 Å². The molecule has 1 saturated heterocycles. The van der Waals surface area contributed by atoms with Gasteiger partial charge < -0.3 is 24.4 Å². The molecule has 3 heterocycles. The second-order valence-corrected chi connectivity index (χ2v) is 11.6. The first-order valence-electron chi connectivity index (χ1n) is 14.7. The number of fused-ring (bicyclic) bond motifs is 1. The summed E-state index contributed by atoms with van der Waals surface area (Å²) in [5.41, 5.74) is 3.55. The SMILES string of the molecule is CCOc1ccc(-c2cc3nc(C4CCN(C(=O)OC(C)(C)C)CC4)c(C(=O)Nc4ccc(C(=O)OC)cc4)cn3n2)cc1. The van der Waals surface area contributed by atoms with Gasteiger partial charge in [-0.2, -0.15) is 5.10 Å². The van der Waals surface area contributed by atoms with Crippen LogP contribution in [0, 0.1) is 0 Å². The molecule has 0 unspecified atom stereocenters. The summed E-state index contributed by atoms with van der Waals surface area (Å²) in [6.07, 6.45) is 2.60. The van der Waals surface area contributed by atoms with Gasteiger partial charge in [-0.15, -0.1) is 0 Å². The van der Waals surface area contributed by atoms with Crippen LogP contribution in [0.15, 0.2) is 60.8 Å². The van der Waals surface area contributed by atoms with Crippen molar-refractivity contribution in [2.24, 2.45) is 0 Å². The van der Waals surface area contributed by atoms with Crippen LogP contribution in [0.2, 0.25) is 0 Å². The van der Waals surface area contributed by atoms with Gasteiger partial charge in [0.2, 0.25) is 0 Å². The fourth-order valence-corrected chi connectivity index (χ4v) is 5.12. The van der Waals surface area contributed by atoms with Crippen LogP contribution in [0.4, 0.5) is 10.5 Å². The standard InChI is InChI=1S/C33H37N5O6/c1-6-43-25-13-9-21(10-14-25)27-19-28-35-29(22-15-17-37(18-16-22)32(41)44-33(2,3)4)26(20-38(28)36-27)30(39)34-24-11-7-23(8-12-24)31(40)42-5/h7-14,19-20,22H,6,15-18H2,1-5H3,(H,34,39). The number of nitrogens with zero attached hydrogens (tertiary/aromatic N) is 4. The van der Waals surface area contributed by atoms with E-state index in [-0.39, 0.29) is 17.9 Å². The quantitative estimate of drug-likeness (QED) is 0.259. The molecule has 1 aliphatic rings. The van der Waals surface area contributed by atoms with Crippen molar-refractivity contribution in [1.29, 1.82) is 0 Å². The number of hydrogen-bond acceptors (Lipinski definition) is 8. The molecule has 0 bridgehead atoms. The van der Waals surface area contributed by atoms with Crippen LogP contribution < -0.4 is 10.1 Å². The molecular formula is C33H37N5O6. The van der Waals surface area contributed by atoms with Crippen LogP contribution in [0.3, 0.4) is 0 Å². The van der Waals surface area contributed by atoms with Crippen LogP contribution in [-0.4, -0.2) is 69.9 Å².